The number of nitrogen functional groups attached to an aromatic ring is 1. The zero-order chi connectivity index (χ0) is 24.7. The summed E-state index contributed by atoms with van der Waals surface area (Å²) in [5, 5.41) is 7.93. The third-order valence-electron chi connectivity index (χ3n) is 5.78. The fourth-order valence-electron chi connectivity index (χ4n) is 4.05. The Labute approximate surface area is 202 Å². The fourth-order valence-corrected chi connectivity index (χ4v) is 4.05. The molecule has 0 aliphatic rings. The van der Waals surface area contributed by atoms with E-state index < -0.39 is 0 Å². The van der Waals surface area contributed by atoms with Crippen molar-refractivity contribution in [1.82, 2.24) is 29.3 Å². The van der Waals surface area contributed by atoms with Crippen molar-refractivity contribution in [3.63, 3.8) is 0 Å². The highest BCUT2D eigenvalue weighted by Crippen LogP contribution is 2.41. The van der Waals surface area contributed by atoms with Gasteiger partial charge in [-0.05, 0) is 49.2 Å². The van der Waals surface area contributed by atoms with Crippen LogP contribution in [-0.4, -0.2) is 35.2 Å². The van der Waals surface area contributed by atoms with Gasteiger partial charge in [-0.15, -0.1) is 0 Å². The molecule has 4 aromatic heterocycles. The van der Waals surface area contributed by atoms with E-state index in [1.54, 1.807) is 24.0 Å². The fraction of sp³-hybridized carbons (Fsp3) is 0.115. The second kappa shape index (κ2) is 8.53. The number of hydrogen-bond acceptors (Lipinski definition) is 6. The largest absolute Gasteiger partial charge is 0.383 e. The minimum Gasteiger partial charge on any atom is -0.383 e. The molecule has 0 saturated carbocycles. The molecule has 9 heteroatoms. The standard InChI is InChI=1S/C26H24N8O/c1-15(2)26(35)32-19-8-5-17(6-9-19)23-21(22-24(27)29-14-30-25(22)33(23)4)18-7-10-20(28-12-18)34-13-16(3)11-31-34/h5-14H,1H2,2-4H3,(H,32,35)(H2,27,29,30). The number of aryl methyl sites for hydroxylation is 2. The van der Waals surface area contributed by atoms with Crippen LogP contribution in [0.5, 0.6) is 0 Å². The Morgan fingerprint density at radius 3 is 2.40 bits per heavy atom. The lowest BCUT2D eigenvalue weighted by Crippen LogP contribution is -2.11. The van der Waals surface area contributed by atoms with Gasteiger partial charge in [-0.25, -0.2) is 19.6 Å². The number of nitrogens with zero attached hydrogens (tertiary/aromatic N) is 6. The molecule has 35 heavy (non-hydrogen) atoms. The summed E-state index contributed by atoms with van der Waals surface area (Å²) < 4.78 is 3.73. The summed E-state index contributed by atoms with van der Waals surface area (Å²) in [7, 11) is 1.94. The summed E-state index contributed by atoms with van der Waals surface area (Å²) in [6.45, 7) is 7.34. The van der Waals surface area contributed by atoms with Gasteiger partial charge in [-0.3, -0.25) is 4.79 Å². The second-order valence-corrected chi connectivity index (χ2v) is 8.42. The molecule has 174 valence electrons. The number of pyridine rings is 1. The smallest absolute Gasteiger partial charge is 0.250 e. The van der Waals surface area contributed by atoms with Crippen molar-refractivity contribution in [2.45, 2.75) is 13.8 Å². The highest BCUT2D eigenvalue weighted by atomic mass is 16.1. The number of nitrogens with one attached hydrogen (secondary N) is 1. The molecule has 0 bridgehead atoms. The van der Waals surface area contributed by atoms with Crippen LogP contribution in [0.4, 0.5) is 11.5 Å². The number of anilines is 2. The van der Waals surface area contributed by atoms with E-state index in [4.69, 9.17) is 5.73 Å². The molecule has 0 aliphatic heterocycles. The van der Waals surface area contributed by atoms with Gasteiger partial charge in [0.05, 0.1) is 17.3 Å². The third-order valence-corrected chi connectivity index (χ3v) is 5.78. The van der Waals surface area contributed by atoms with E-state index in [1.165, 1.54) is 6.33 Å². The van der Waals surface area contributed by atoms with Crippen LogP contribution in [0.2, 0.25) is 0 Å². The summed E-state index contributed by atoms with van der Waals surface area (Å²) in [6.07, 6.45) is 6.98. The van der Waals surface area contributed by atoms with Crippen LogP contribution in [-0.2, 0) is 11.8 Å². The number of nitrogens with two attached hydrogens (primary N) is 1. The first-order chi connectivity index (χ1) is 16.8. The number of hydrogen-bond donors (Lipinski definition) is 2. The van der Waals surface area contributed by atoms with E-state index in [0.717, 1.165) is 33.3 Å². The minimum absolute atomic E-state index is 0.218. The molecule has 9 nitrogen and oxygen atoms in total. The molecular weight excluding hydrogens is 440 g/mol. The summed E-state index contributed by atoms with van der Waals surface area (Å²) >= 11 is 0. The van der Waals surface area contributed by atoms with E-state index in [0.29, 0.717) is 28.5 Å². The van der Waals surface area contributed by atoms with Crippen molar-refractivity contribution in [2.75, 3.05) is 11.1 Å². The highest BCUT2D eigenvalue weighted by molar-refractivity contribution is 6.08. The lowest BCUT2D eigenvalue weighted by molar-refractivity contribution is -0.112. The molecule has 0 fully saturated rings. The summed E-state index contributed by atoms with van der Waals surface area (Å²) in [5.74, 6) is 0.888. The number of carbonyl (C=O) groups is 1. The molecule has 1 aromatic carbocycles. The van der Waals surface area contributed by atoms with Gasteiger partial charge in [-0.2, -0.15) is 5.10 Å². The van der Waals surface area contributed by atoms with Crippen molar-refractivity contribution in [2.24, 2.45) is 7.05 Å². The number of amides is 1. The van der Waals surface area contributed by atoms with Gasteiger partial charge in [0, 0.05) is 41.8 Å². The Hall–Kier alpha value is -4.79. The first-order valence-corrected chi connectivity index (χ1v) is 11.0. The maximum absolute atomic E-state index is 12.0. The first kappa shape index (κ1) is 22.0. The number of benzene rings is 1. The van der Waals surface area contributed by atoms with E-state index in [1.807, 2.05) is 61.1 Å². The van der Waals surface area contributed by atoms with Gasteiger partial charge in [0.25, 0.3) is 5.91 Å². The Kier molecular flexibility index (Phi) is 5.37. The van der Waals surface area contributed by atoms with Gasteiger partial charge in [-0.1, -0.05) is 18.7 Å². The van der Waals surface area contributed by atoms with Crippen molar-refractivity contribution in [3.8, 4) is 28.2 Å². The lowest BCUT2D eigenvalue weighted by Gasteiger charge is -2.11. The molecule has 3 N–H and O–H groups in total. The molecule has 0 aliphatic carbocycles. The van der Waals surface area contributed by atoms with Gasteiger partial charge in [0.15, 0.2) is 5.82 Å². The Morgan fingerprint density at radius 2 is 1.77 bits per heavy atom. The molecule has 4 heterocycles. The average molecular weight is 465 g/mol. The molecule has 0 spiro atoms. The minimum atomic E-state index is -0.218. The predicted octanol–water partition coefficient (Wildman–Crippen LogP) is 4.29. The number of aromatic nitrogens is 6. The molecule has 5 aromatic rings. The molecule has 0 unspecified atom stereocenters. The zero-order valence-corrected chi connectivity index (χ0v) is 19.6. The van der Waals surface area contributed by atoms with Crippen LogP contribution < -0.4 is 11.1 Å². The van der Waals surface area contributed by atoms with Crippen LogP contribution in [0.15, 0.2) is 73.5 Å². The number of rotatable bonds is 5. The first-order valence-electron chi connectivity index (χ1n) is 11.0. The Balaban J connectivity index is 1.64. The normalized spacial score (nSPS) is 11.1. The monoisotopic (exact) mass is 464 g/mol. The molecule has 5 rings (SSSR count). The molecule has 0 saturated heterocycles. The van der Waals surface area contributed by atoms with E-state index in [-0.39, 0.29) is 5.91 Å². The molecule has 0 atom stereocenters. The van der Waals surface area contributed by atoms with Gasteiger partial charge in [0.2, 0.25) is 0 Å². The number of carbonyl (C=O) groups excluding carboxylic acids is 1. The molecule has 0 radical (unpaired) electrons. The summed E-state index contributed by atoms with van der Waals surface area (Å²) in [5.41, 5.74) is 12.8. The van der Waals surface area contributed by atoms with Gasteiger partial charge < -0.3 is 15.6 Å². The highest BCUT2D eigenvalue weighted by Gasteiger charge is 2.22. The second-order valence-electron chi connectivity index (χ2n) is 8.42. The van der Waals surface area contributed by atoms with Crippen LogP contribution >= 0.6 is 0 Å². The van der Waals surface area contributed by atoms with Gasteiger partial charge in [0.1, 0.15) is 17.8 Å². The Bertz CT molecular complexity index is 1580. The van der Waals surface area contributed by atoms with Crippen LogP contribution in [0.1, 0.15) is 12.5 Å². The van der Waals surface area contributed by atoms with Crippen molar-refractivity contribution >= 4 is 28.4 Å². The third kappa shape index (κ3) is 3.93. The van der Waals surface area contributed by atoms with Gasteiger partial charge >= 0.3 is 0 Å². The lowest BCUT2D eigenvalue weighted by atomic mass is 10.00. The molecule has 1 amide bonds. The maximum Gasteiger partial charge on any atom is 0.250 e. The molecular formula is C26H24N8O. The topological polar surface area (TPSA) is 117 Å². The van der Waals surface area contributed by atoms with Crippen molar-refractivity contribution in [1.29, 1.82) is 0 Å². The van der Waals surface area contributed by atoms with E-state index in [2.05, 4.69) is 31.9 Å². The van der Waals surface area contributed by atoms with Crippen molar-refractivity contribution < 1.29 is 4.79 Å². The Morgan fingerprint density at radius 1 is 1.03 bits per heavy atom. The maximum atomic E-state index is 12.0. The predicted molar refractivity (Wildman–Crippen MR) is 137 cm³/mol. The average Bonchev–Trinajstić information content (AvgIpc) is 3.41. The zero-order valence-electron chi connectivity index (χ0n) is 19.6. The van der Waals surface area contributed by atoms with E-state index in [9.17, 15) is 4.79 Å². The summed E-state index contributed by atoms with van der Waals surface area (Å²) in [6, 6.07) is 11.5. The SMILES string of the molecule is C=C(C)C(=O)Nc1ccc(-c2c(-c3ccc(-n4cc(C)cn4)nc3)c3c(N)ncnc3n2C)cc1. The van der Waals surface area contributed by atoms with Crippen LogP contribution in [0.25, 0.3) is 39.2 Å². The van der Waals surface area contributed by atoms with Crippen LogP contribution in [0, 0.1) is 6.92 Å². The van der Waals surface area contributed by atoms with Crippen molar-refractivity contribution in [3.05, 3.63) is 79.0 Å². The number of fused-ring (bicyclic) bond motifs is 1. The van der Waals surface area contributed by atoms with Crippen LogP contribution in [0.3, 0.4) is 0 Å². The summed E-state index contributed by atoms with van der Waals surface area (Å²) in [4.78, 5) is 25.4. The van der Waals surface area contributed by atoms with E-state index >= 15 is 0 Å². The quantitative estimate of drug-likeness (QED) is 0.375.